The number of hydrogen-bond donors (Lipinski definition) is 2. The molecule has 0 aliphatic heterocycles. The molecular weight excluding hydrogens is 435 g/mol. The molecule has 0 atom stereocenters. The quantitative estimate of drug-likeness (QED) is 0.381. The van der Waals surface area contributed by atoms with Gasteiger partial charge in [0.1, 0.15) is 5.52 Å². The maximum absolute atomic E-state index is 12.6. The zero-order chi connectivity index (χ0) is 21.7. The van der Waals surface area contributed by atoms with Crippen molar-refractivity contribution in [1.82, 2.24) is 4.98 Å². The van der Waals surface area contributed by atoms with Crippen LogP contribution < -0.4 is 5.32 Å². The van der Waals surface area contributed by atoms with E-state index in [4.69, 9.17) is 34.7 Å². The molecule has 0 aliphatic rings. The van der Waals surface area contributed by atoms with E-state index < -0.39 is 13.9 Å². The van der Waals surface area contributed by atoms with Crippen LogP contribution in [0.25, 0.3) is 22.2 Å². The second-order valence-electron chi connectivity index (χ2n) is 6.01. The third-order valence-electron chi connectivity index (χ3n) is 3.87. The number of fused-ring (bicyclic) bond motifs is 1. The number of phosphoric acid groups is 1. The fourth-order valence-corrected chi connectivity index (χ4v) is 4.13. The maximum Gasteiger partial charge on any atom is 0.475 e. The number of carbonyl (C=O) groups is 1. The molecule has 1 heterocycles. The molecule has 1 amide bonds. The van der Waals surface area contributed by atoms with Gasteiger partial charge in [-0.15, -0.1) is 0 Å². The summed E-state index contributed by atoms with van der Waals surface area (Å²) in [5, 5.41) is 11.5. The summed E-state index contributed by atoms with van der Waals surface area (Å²) in [4.78, 5) is 15.2. The fraction of sp³-hybridized carbons (Fsp3) is 0.263. The van der Waals surface area contributed by atoms with Crippen molar-refractivity contribution in [2.45, 2.75) is 20.5 Å². The Morgan fingerprint density at radius 3 is 2.57 bits per heavy atom. The number of nitrogens with one attached hydrogen (secondary N) is 1. The second-order valence-corrected chi connectivity index (χ2v) is 8.11. The SMILES string of the molecule is CCOP(=O)(OCC)OCc1cc(-c2cccc(Cl)c2)c2nc(NC(=O)O)oc2c1. The van der Waals surface area contributed by atoms with E-state index in [0.717, 1.165) is 5.56 Å². The summed E-state index contributed by atoms with van der Waals surface area (Å²) >= 11 is 6.12. The maximum atomic E-state index is 12.6. The minimum atomic E-state index is -3.71. The van der Waals surface area contributed by atoms with Crippen LogP contribution in [0.15, 0.2) is 40.8 Å². The predicted octanol–water partition coefficient (Wildman–Crippen LogP) is 5.94. The summed E-state index contributed by atoms with van der Waals surface area (Å²) in [6.07, 6.45) is -1.30. The van der Waals surface area contributed by atoms with Gasteiger partial charge >= 0.3 is 19.9 Å². The highest BCUT2D eigenvalue weighted by Gasteiger charge is 2.26. The van der Waals surface area contributed by atoms with Gasteiger partial charge < -0.3 is 9.52 Å². The topological polar surface area (TPSA) is 120 Å². The van der Waals surface area contributed by atoms with Crippen LogP contribution in [0.1, 0.15) is 19.4 Å². The summed E-state index contributed by atoms with van der Waals surface area (Å²) < 4.78 is 33.8. The van der Waals surface area contributed by atoms with Crippen molar-refractivity contribution in [1.29, 1.82) is 0 Å². The van der Waals surface area contributed by atoms with Crippen molar-refractivity contribution < 1.29 is 32.5 Å². The minimum absolute atomic E-state index is 0.0941. The van der Waals surface area contributed by atoms with E-state index in [1.807, 2.05) is 6.07 Å². The van der Waals surface area contributed by atoms with Crippen molar-refractivity contribution >= 4 is 42.6 Å². The molecule has 11 heteroatoms. The van der Waals surface area contributed by atoms with Crippen LogP contribution in [0.4, 0.5) is 10.8 Å². The Kier molecular flexibility index (Phi) is 7.12. The third-order valence-corrected chi connectivity index (χ3v) is 5.70. The molecule has 0 fully saturated rings. The second kappa shape index (κ2) is 9.59. The van der Waals surface area contributed by atoms with Gasteiger partial charge in [0.05, 0.1) is 19.8 Å². The standard InChI is InChI=1S/C19H20ClN2O7P/c1-3-26-30(25,27-4-2)28-11-12-8-15(13-6-5-7-14(20)10-13)17-16(9-12)29-18(21-17)22-19(23)24/h5-10H,3-4,11H2,1-2H3,(H,21,22)(H,23,24). The molecular formula is C19H20ClN2O7P. The summed E-state index contributed by atoms with van der Waals surface area (Å²) in [7, 11) is -3.71. The Bertz CT molecular complexity index is 1090. The highest BCUT2D eigenvalue weighted by atomic mass is 35.5. The first-order valence-corrected chi connectivity index (χ1v) is 10.9. The molecule has 0 radical (unpaired) electrons. The average Bonchev–Trinajstić information content (AvgIpc) is 3.07. The summed E-state index contributed by atoms with van der Waals surface area (Å²) in [6.45, 7) is 3.60. The lowest BCUT2D eigenvalue weighted by atomic mass is 10.0. The van der Waals surface area contributed by atoms with Crippen LogP contribution in [0.3, 0.4) is 0 Å². The number of rotatable bonds is 9. The summed E-state index contributed by atoms with van der Waals surface area (Å²) in [5.74, 6) is 0. The van der Waals surface area contributed by atoms with Gasteiger partial charge in [0.15, 0.2) is 5.58 Å². The van der Waals surface area contributed by atoms with E-state index in [0.29, 0.717) is 27.2 Å². The monoisotopic (exact) mass is 454 g/mol. The molecule has 30 heavy (non-hydrogen) atoms. The lowest BCUT2D eigenvalue weighted by Crippen LogP contribution is -2.06. The number of carboxylic acid groups (broad SMARTS) is 1. The molecule has 0 bridgehead atoms. The highest BCUT2D eigenvalue weighted by molar-refractivity contribution is 7.48. The Morgan fingerprint density at radius 2 is 1.93 bits per heavy atom. The number of benzene rings is 2. The first-order chi connectivity index (χ1) is 14.3. The van der Waals surface area contributed by atoms with E-state index in [9.17, 15) is 9.36 Å². The molecule has 160 valence electrons. The van der Waals surface area contributed by atoms with Gasteiger partial charge in [-0.3, -0.25) is 13.6 Å². The Hall–Kier alpha value is -2.42. The van der Waals surface area contributed by atoms with E-state index in [2.05, 4.69) is 10.3 Å². The molecule has 0 saturated carbocycles. The van der Waals surface area contributed by atoms with Crippen LogP contribution in [-0.4, -0.2) is 29.4 Å². The lowest BCUT2D eigenvalue weighted by molar-refractivity contribution is 0.116. The Labute approximate surface area is 177 Å². The predicted molar refractivity (Wildman–Crippen MR) is 112 cm³/mol. The summed E-state index contributed by atoms with van der Waals surface area (Å²) in [5.41, 5.74) is 2.72. The lowest BCUT2D eigenvalue weighted by Gasteiger charge is -2.16. The zero-order valence-corrected chi connectivity index (χ0v) is 17.9. The van der Waals surface area contributed by atoms with Crippen molar-refractivity contribution in [3.63, 3.8) is 0 Å². The largest absolute Gasteiger partial charge is 0.475 e. The molecule has 0 saturated heterocycles. The molecule has 1 aromatic heterocycles. The smallest absolute Gasteiger partial charge is 0.465 e. The molecule has 0 spiro atoms. The molecule has 3 aromatic rings. The third kappa shape index (κ3) is 5.38. The van der Waals surface area contributed by atoms with Crippen molar-refractivity contribution in [3.8, 4) is 11.1 Å². The number of halogens is 1. The number of aromatic nitrogens is 1. The van der Waals surface area contributed by atoms with Crippen LogP contribution in [-0.2, 0) is 24.7 Å². The molecule has 0 unspecified atom stereocenters. The fourth-order valence-electron chi connectivity index (χ4n) is 2.77. The highest BCUT2D eigenvalue weighted by Crippen LogP contribution is 2.50. The molecule has 9 nitrogen and oxygen atoms in total. The van der Waals surface area contributed by atoms with Gasteiger partial charge in [-0.2, -0.15) is 4.98 Å². The van der Waals surface area contributed by atoms with E-state index in [1.165, 1.54) is 0 Å². The van der Waals surface area contributed by atoms with Gasteiger partial charge in [-0.25, -0.2) is 14.7 Å². The molecule has 2 N–H and O–H groups in total. The number of anilines is 1. The molecule has 2 aromatic carbocycles. The van der Waals surface area contributed by atoms with Crippen LogP contribution in [0, 0.1) is 0 Å². The minimum Gasteiger partial charge on any atom is -0.465 e. The molecule has 3 rings (SSSR count). The van der Waals surface area contributed by atoms with Crippen molar-refractivity contribution in [2.75, 3.05) is 18.5 Å². The van der Waals surface area contributed by atoms with E-state index in [1.54, 1.807) is 44.2 Å². The zero-order valence-electron chi connectivity index (χ0n) is 16.3. The van der Waals surface area contributed by atoms with Gasteiger partial charge in [-0.1, -0.05) is 23.7 Å². The van der Waals surface area contributed by atoms with Gasteiger partial charge in [0.25, 0.3) is 0 Å². The average molecular weight is 455 g/mol. The van der Waals surface area contributed by atoms with E-state index in [-0.39, 0.29) is 25.8 Å². The van der Waals surface area contributed by atoms with Gasteiger partial charge in [-0.05, 0) is 49.2 Å². The number of amides is 1. The van der Waals surface area contributed by atoms with Crippen LogP contribution in [0.2, 0.25) is 5.02 Å². The number of oxazole rings is 1. The molecule has 0 aliphatic carbocycles. The number of nitrogens with zero attached hydrogens (tertiary/aromatic N) is 1. The number of phosphoric ester groups is 1. The van der Waals surface area contributed by atoms with Crippen molar-refractivity contribution in [2.24, 2.45) is 0 Å². The van der Waals surface area contributed by atoms with Crippen molar-refractivity contribution in [3.05, 3.63) is 47.0 Å². The number of hydrogen-bond acceptors (Lipinski definition) is 7. The van der Waals surface area contributed by atoms with Gasteiger partial charge in [0.2, 0.25) is 0 Å². The Morgan fingerprint density at radius 1 is 1.20 bits per heavy atom. The summed E-state index contributed by atoms with van der Waals surface area (Å²) in [6, 6.07) is 10.3. The van der Waals surface area contributed by atoms with Gasteiger partial charge in [0, 0.05) is 10.6 Å². The van der Waals surface area contributed by atoms with Crippen LogP contribution in [0.5, 0.6) is 0 Å². The Balaban J connectivity index is 2.02. The van der Waals surface area contributed by atoms with E-state index >= 15 is 0 Å². The normalized spacial score (nSPS) is 11.7. The first-order valence-electron chi connectivity index (χ1n) is 9.06. The van der Waals surface area contributed by atoms with Crippen LogP contribution >= 0.6 is 19.4 Å². The first kappa shape index (κ1) is 22.3.